The van der Waals surface area contributed by atoms with Crippen LogP contribution >= 0.6 is 0 Å². The molecule has 1 atom stereocenters. The van der Waals surface area contributed by atoms with Crippen molar-refractivity contribution < 1.29 is 4.21 Å². The summed E-state index contributed by atoms with van der Waals surface area (Å²) < 4.78 is 13.3. The van der Waals surface area contributed by atoms with Crippen LogP contribution in [0.3, 0.4) is 0 Å². The van der Waals surface area contributed by atoms with E-state index in [9.17, 15) is 4.21 Å². The molecule has 1 aromatic rings. The molecule has 2 N–H and O–H groups in total. The monoisotopic (exact) mass is 198 g/mol. The third-order valence-electron chi connectivity index (χ3n) is 1.61. The molecule has 0 aromatic heterocycles. The first kappa shape index (κ1) is 10.2. The van der Waals surface area contributed by atoms with Gasteiger partial charge in [0.15, 0.2) is 0 Å². The molecule has 0 bridgehead atoms. The standard InChI is InChI=1S/C9H14N2OS/c1-7-4-8(10)6-9(5-7)13(12)11(2)3/h4-6H,10H2,1-3H3. The lowest BCUT2D eigenvalue weighted by Gasteiger charge is -2.10. The normalized spacial score (nSPS) is 13.2. The minimum atomic E-state index is -1.10. The highest BCUT2D eigenvalue weighted by Crippen LogP contribution is 2.15. The molecule has 0 spiro atoms. The Morgan fingerprint density at radius 3 is 2.38 bits per heavy atom. The lowest BCUT2D eigenvalue weighted by atomic mass is 10.2. The number of hydrogen-bond donors (Lipinski definition) is 1. The Kier molecular flexibility index (Phi) is 3.06. The van der Waals surface area contributed by atoms with Gasteiger partial charge >= 0.3 is 0 Å². The molecule has 1 aromatic carbocycles. The van der Waals surface area contributed by atoms with E-state index in [1.54, 1.807) is 24.5 Å². The SMILES string of the molecule is Cc1cc(N)cc(S(=O)N(C)C)c1. The zero-order valence-corrected chi connectivity index (χ0v) is 8.89. The molecular weight excluding hydrogens is 184 g/mol. The molecule has 0 saturated heterocycles. The summed E-state index contributed by atoms with van der Waals surface area (Å²) in [5.41, 5.74) is 7.33. The molecule has 0 radical (unpaired) electrons. The number of nitrogens with two attached hydrogens (primary N) is 1. The number of nitrogen functional groups attached to an aromatic ring is 1. The van der Waals surface area contributed by atoms with Gasteiger partial charge in [0.2, 0.25) is 0 Å². The summed E-state index contributed by atoms with van der Waals surface area (Å²) in [4.78, 5) is 0.752. The van der Waals surface area contributed by atoms with Gasteiger partial charge in [-0.1, -0.05) is 0 Å². The first-order valence-corrected chi connectivity index (χ1v) is 5.08. The van der Waals surface area contributed by atoms with Crippen molar-refractivity contribution in [2.75, 3.05) is 19.8 Å². The maximum atomic E-state index is 11.6. The van der Waals surface area contributed by atoms with Crippen molar-refractivity contribution in [3.05, 3.63) is 23.8 Å². The van der Waals surface area contributed by atoms with Gasteiger partial charge in [-0.15, -0.1) is 0 Å². The molecule has 72 valence electrons. The number of aryl methyl sites for hydroxylation is 1. The first-order chi connectivity index (χ1) is 6.00. The van der Waals surface area contributed by atoms with E-state index in [0.717, 1.165) is 10.5 Å². The highest BCUT2D eigenvalue weighted by Gasteiger charge is 2.06. The fourth-order valence-corrected chi connectivity index (χ4v) is 2.03. The molecule has 0 amide bonds. The van der Waals surface area contributed by atoms with Gasteiger partial charge in [0.25, 0.3) is 0 Å². The van der Waals surface area contributed by atoms with E-state index in [1.807, 2.05) is 19.1 Å². The third kappa shape index (κ3) is 2.54. The number of anilines is 1. The van der Waals surface area contributed by atoms with E-state index in [2.05, 4.69) is 0 Å². The van der Waals surface area contributed by atoms with E-state index in [4.69, 9.17) is 5.73 Å². The van der Waals surface area contributed by atoms with Gasteiger partial charge in [0.05, 0.1) is 4.90 Å². The minimum Gasteiger partial charge on any atom is -0.399 e. The lowest BCUT2D eigenvalue weighted by Crippen LogP contribution is -2.15. The fraction of sp³-hybridized carbons (Fsp3) is 0.333. The van der Waals surface area contributed by atoms with Crippen LogP contribution < -0.4 is 5.73 Å². The Bertz CT molecular complexity index is 316. The third-order valence-corrected chi connectivity index (χ3v) is 2.91. The van der Waals surface area contributed by atoms with Crippen LogP contribution in [0.2, 0.25) is 0 Å². The number of nitrogens with zero attached hydrogens (tertiary/aromatic N) is 1. The van der Waals surface area contributed by atoms with Crippen LogP contribution in [-0.2, 0) is 11.0 Å². The van der Waals surface area contributed by atoms with Crippen LogP contribution in [0, 0.1) is 6.92 Å². The molecular formula is C9H14N2OS. The van der Waals surface area contributed by atoms with Crippen molar-refractivity contribution in [3.8, 4) is 0 Å². The van der Waals surface area contributed by atoms with E-state index in [-0.39, 0.29) is 0 Å². The van der Waals surface area contributed by atoms with Crippen molar-refractivity contribution in [3.63, 3.8) is 0 Å². The predicted molar refractivity (Wildman–Crippen MR) is 55.7 cm³/mol. The van der Waals surface area contributed by atoms with Gasteiger partial charge in [-0.05, 0) is 44.8 Å². The maximum Gasteiger partial charge on any atom is 0.127 e. The fourth-order valence-electron chi connectivity index (χ4n) is 1.09. The molecule has 4 heteroatoms. The summed E-state index contributed by atoms with van der Waals surface area (Å²) in [7, 11) is 2.44. The average Bonchev–Trinajstić information content (AvgIpc) is 2.01. The zero-order chi connectivity index (χ0) is 10.0. The van der Waals surface area contributed by atoms with Crippen LogP contribution in [0.4, 0.5) is 5.69 Å². The summed E-state index contributed by atoms with van der Waals surface area (Å²) in [5.74, 6) is 0. The van der Waals surface area contributed by atoms with Gasteiger partial charge in [-0.25, -0.2) is 8.51 Å². The predicted octanol–water partition coefficient (Wildman–Crippen LogP) is 1.16. The van der Waals surface area contributed by atoms with Crippen LogP contribution in [-0.4, -0.2) is 22.6 Å². The highest BCUT2D eigenvalue weighted by atomic mass is 32.2. The molecule has 3 nitrogen and oxygen atoms in total. The molecule has 1 rings (SSSR count). The second-order valence-electron chi connectivity index (χ2n) is 3.14. The molecule has 0 aliphatic rings. The Morgan fingerprint density at radius 2 is 1.92 bits per heavy atom. The summed E-state index contributed by atoms with van der Waals surface area (Å²) in [6.45, 7) is 1.94. The Balaban J connectivity index is 3.08. The summed E-state index contributed by atoms with van der Waals surface area (Å²) in [5, 5.41) is 0. The van der Waals surface area contributed by atoms with Crippen LogP contribution in [0.15, 0.2) is 23.1 Å². The van der Waals surface area contributed by atoms with Crippen LogP contribution in [0.25, 0.3) is 0 Å². The van der Waals surface area contributed by atoms with Gasteiger partial charge in [-0.3, -0.25) is 0 Å². The number of benzene rings is 1. The lowest BCUT2D eigenvalue weighted by molar-refractivity contribution is 0.603. The van der Waals surface area contributed by atoms with Crippen molar-refractivity contribution in [2.45, 2.75) is 11.8 Å². The number of rotatable bonds is 2. The topological polar surface area (TPSA) is 46.3 Å². The molecule has 1 unspecified atom stereocenters. The molecule has 0 aliphatic heterocycles. The first-order valence-electron chi connectivity index (χ1n) is 3.97. The van der Waals surface area contributed by atoms with E-state index < -0.39 is 11.0 Å². The second kappa shape index (κ2) is 3.89. The van der Waals surface area contributed by atoms with E-state index in [0.29, 0.717) is 5.69 Å². The molecule has 0 saturated carbocycles. The van der Waals surface area contributed by atoms with Crippen molar-refractivity contribution in [1.82, 2.24) is 4.31 Å². The van der Waals surface area contributed by atoms with Crippen LogP contribution in [0.1, 0.15) is 5.56 Å². The molecule has 0 heterocycles. The molecule has 13 heavy (non-hydrogen) atoms. The van der Waals surface area contributed by atoms with Gasteiger partial charge in [-0.2, -0.15) is 0 Å². The summed E-state index contributed by atoms with van der Waals surface area (Å²) in [6, 6.07) is 5.48. The average molecular weight is 198 g/mol. The highest BCUT2D eigenvalue weighted by molar-refractivity contribution is 7.82. The Labute approximate surface area is 81.1 Å². The van der Waals surface area contributed by atoms with Crippen molar-refractivity contribution in [1.29, 1.82) is 0 Å². The van der Waals surface area contributed by atoms with Crippen molar-refractivity contribution in [2.24, 2.45) is 0 Å². The molecule has 0 aliphatic carbocycles. The summed E-state index contributed by atoms with van der Waals surface area (Å²) in [6.07, 6.45) is 0. The zero-order valence-electron chi connectivity index (χ0n) is 8.07. The summed E-state index contributed by atoms with van der Waals surface area (Å²) >= 11 is 0. The Hall–Kier alpha value is -0.870. The largest absolute Gasteiger partial charge is 0.399 e. The van der Waals surface area contributed by atoms with E-state index >= 15 is 0 Å². The van der Waals surface area contributed by atoms with Crippen molar-refractivity contribution >= 4 is 16.7 Å². The van der Waals surface area contributed by atoms with Gasteiger partial charge < -0.3 is 5.73 Å². The van der Waals surface area contributed by atoms with Gasteiger partial charge in [0, 0.05) is 5.69 Å². The smallest absolute Gasteiger partial charge is 0.127 e. The minimum absolute atomic E-state index is 0.658. The van der Waals surface area contributed by atoms with Crippen LogP contribution in [0.5, 0.6) is 0 Å². The van der Waals surface area contributed by atoms with Gasteiger partial charge in [0.1, 0.15) is 11.0 Å². The maximum absolute atomic E-state index is 11.6. The quantitative estimate of drug-likeness (QED) is 0.725. The second-order valence-corrected chi connectivity index (χ2v) is 4.84. The number of hydrogen-bond acceptors (Lipinski definition) is 2. The molecule has 0 fully saturated rings. The Morgan fingerprint density at radius 1 is 1.31 bits per heavy atom. The van der Waals surface area contributed by atoms with E-state index in [1.165, 1.54) is 0 Å².